The van der Waals surface area contributed by atoms with E-state index in [0.29, 0.717) is 0 Å². The Bertz CT molecular complexity index is 1120. The van der Waals surface area contributed by atoms with Crippen LogP contribution in [0.3, 0.4) is 0 Å². The summed E-state index contributed by atoms with van der Waals surface area (Å²) < 4.78 is 0. The van der Waals surface area contributed by atoms with E-state index in [0.717, 1.165) is 23.3 Å². The summed E-state index contributed by atoms with van der Waals surface area (Å²) in [5, 5.41) is 35.9. The predicted molar refractivity (Wildman–Crippen MR) is 136 cm³/mol. The van der Waals surface area contributed by atoms with E-state index in [4.69, 9.17) is 21.3 Å². The van der Waals surface area contributed by atoms with Gasteiger partial charge in [0.05, 0.1) is 12.4 Å². The standard InChI is InChI=1S/2C10H9N3.2C2N3.Fe/c2*1-3-7-11-9(5-1)13-10-6-2-4-8-12-10;2*3-1-5-2-4;/h2*1-8H,(H,11,12,13);;;/q;;2*-1;+2. The maximum Gasteiger partial charge on any atom is 2.00 e. The number of hydrogen-bond acceptors (Lipinski definition) is 10. The molecule has 0 aromatic carbocycles. The van der Waals surface area contributed by atoms with Gasteiger partial charge >= 0.3 is 17.1 Å². The number of pyridine rings is 4. The molecular formula is C24H18FeN12. The fourth-order valence-corrected chi connectivity index (χ4v) is 2.05. The number of nitrogens with zero attached hydrogens (tertiary/aromatic N) is 10. The molecule has 0 aliphatic rings. The number of aliphatic imine (C=N–C) groups is 2. The molecule has 0 aliphatic carbocycles. The molecule has 0 radical (unpaired) electrons. The van der Waals surface area contributed by atoms with Gasteiger partial charge in [-0.1, -0.05) is 24.3 Å². The van der Waals surface area contributed by atoms with E-state index in [1.807, 2.05) is 72.8 Å². The number of nitrogens with one attached hydrogen (secondary N) is 2. The first-order chi connectivity index (χ1) is 17.7. The average Bonchev–Trinajstić information content (AvgIpc) is 2.93. The second-order valence-electron chi connectivity index (χ2n) is 5.73. The summed E-state index contributed by atoms with van der Waals surface area (Å²) in [6.07, 6.45) is 9.53. The van der Waals surface area contributed by atoms with Crippen LogP contribution in [0.4, 0.5) is 23.3 Å². The van der Waals surface area contributed by atoms with Gasteiger partial charge in [-0.05, 0) is 48.5 Å². The van der Waals surface area contributed by atoms with Gasteiger partial charge in [0.15, 0.2) is 0 Å². The Kier molecular flexibility index (Phi) is 18.9. The summed E-state index contributed by atoms with van der Waals surface area (Å²) in [4.78, 5) is 21.7. The second kappa shape index (κ2) is 22.3. The molecule has 4 rings (SSSR count). The maximum atomic E-state index is 7.43. The van der Waals surface area contributed by atoms with E-state index in [-0.39, 0.29) is 17.1 Å². The van der Waals surface area contributed by atoms with Crippen molar-refractivity contribution in [1.82, 2.24) is 19.9 Å². The van der Waals surface area contributed by atoms with Gasteiger partial charge in [-0.15, -0.1) is 12.0 Å². The molecule has 0 saturated carbocycles. The van der Waals surface area contributed by atoms with Crippen LogP contribution in [0.1, 0.15) is 0 Å². The van der Waals surface area contributed by atoms with Gasteiger partial charge in [-0.2, -0.15) is 10.5 Å². The van der Waals surface area contributed by atoms with E-state index in [9.17, 15) is 0 Å². The zero-order valence-corrected chi connectivity index (χ0v) is 20.2. The number of aromatic nitrogens is 4. The molecule has 0 unspecified atom stereocenters. The van der Waals surface area contributed by atoms with Crippen LogP contribution in [0.2, 0.25) is 0 Å². The van der Waals surface area contributed by atoms with Gasteiger partial charge in [0.1, 0.15) is 23.3 Å². The van der Waals surface area contributed by atoms with E-state index in [2.05, 4.69) is 40.6 Å². The molecule has 2 N–H and O–H groups in total. The van der Waals surface area contributed by atoms with Gasteiger partial charge in [-0.3, -0.25) is 0 Å². The Morgan fingerprint density at radius 1 is 0.541 bits per heavy atom. The Balaban J connectivity index is 0.000000510. The first-order valence-electron chi connectivity index (χ1n) is 9.87. The largest absolute Gasteiger partial charge is 2.00 e. The third-order valence-electron chi connectivity index (χ3n) is 3.37. The minimum absolute atomic E-state index is 0. The molecular weight excluding hydrogens is 512 g/mol. The molecule has 0 atom stereocenters. The molecule has 0 spiro atoms. The number of rotatable bonds is 4. The third kappa shape index (κ3) is 16.7. The minimum Gasteiger partial charge on any atom is -0.422 e. The Morgan fingerprint density at radius 3 is 0.946 bits per heavy atom. The van der Waals surface area contributed by atoms with Crippen molar-refractivity contribution in [3.05, 3.63) is 108 Å². The van der Waals surface area contributed by atoms with Gasteiger partial charge < -0.3 is 31.4 Å². The SMILES string of the molecule is N#CN=C=[N-].N#CN=C=[N-].[Fe+2].c1ccc(Nc2ccccn2)nc1.c1ccc(Nc2ccccn2)nc1. The van der Waals surface area contributed by atoms with Gasteiger partial charge in [0.25, 0.3) is 0 Å². The summed E-state index contributed by atoms with van der Waals surface area (Å²) in [5.74, 6) is 3.23. The molecule has 182 valence electrons. The summed E-state index contributed by atoms with van der Waals surface area (Å²) in [5.41, 5.74) is 0. The van der Waals surface area contributed by atoms with Crippen LogP contribution in [-0.4, -0.2) is 32.0 Å². The Labute approximate surface area is 224 Å². The number of nitriles is 2. The molecule has 0 saturated heterocycles. The van der Waals surface area contributed by atoms with Gasteiger partial charge in [-0.25, -0.2) is 19.9 Å². The van der Waals surface area contributed by atoms with Crippen LogP contribution in [0.15, 0.2) is 108 Å². The maximum absolute atomic E-state index is 7.43. The van der Waals surface area contributed by atoms with E-state index < -0.39 is 0 Å². The topological polar surface area (TPSA) is 193 Å². The van der Waals surface area contributed by atoms with Crippen LogP contribution >= 0.6 is 0 Å². The summed E-state index contributed by atoms with van der Waals surface area (Å²) >= 11 is 0. The van der Waals surface area contributed by atoms with Crippen LogP contribution in [0, 0.1) is 22.9 Å². The Morgan fingerprint density at radius 2 is 0.811 bits per heavy atom. The van der Waals surface area contributed by atoms with Crippen LogP contribution in [0.5, 0.6) is 0 Å². The molecule has 4 heterocycles. The fraction of sp³-hybridized carbons (Fsp3) is 0. The second-order valence-corrected chi connectivity index (χ2v) is 5.73. The fourth-order valence-electron chi connectivity index (χ4n) is 2.05. The molecule has 0 amide bonds. The van der Waals surface area contributed by atoms with Crippen molar-refractivity contribution in [2.45, 2.75) is 0 Å². The molecule has 37 heavy (non-hydrogen) atoms. The molecule has 0 aliphatic heterocycles. The molecule has 4 aromatic heterocycles. The van der Waals surface area contributed by atoms with Crippen LogP contribution < -0.4 is 10.6 Å². The van der Waals surface area contributed by atoms with Crippen molar-refractivity contribution in [2.75, 3.05) is 10.6 Å². The Hall–Kier alpha value is -5.54. The van der Waals surface area contributed by atoms with Crippen molar-refractivity contribution in [2.24, 2.45) is 9.98 Å². The summed E-state index contributed by atoms with van der Waals surface area (Å²) in [6.45, 7) is 0. The zero-order chi connectivity index (χ0) is 26.1. The smallest absolute Gasteiger partial charge is 0.422 e. The normalized spacial score (nSPS) is 7.73. The summed E-state index contributed by atoms with van der Waals surface area (Å²) in [7, 11) is 0. The minimum atomic E-state index is 0. The average molecular weight is 530 g/mol. The van der Waals surface area contributed by atoms with Crippen LogP contribution in [0.25, 0.3) is 10.8 Å². The molecule has 13 heteroatoms. The van der Waals surface area contributed by atoms with Gasteiger partial charge in [0, 0.05) is 24.8 Å². The van der Waals surface area contributed by atoms with E-state index in [1.54, 1.807) is 24.8 Å². The van der Waals surface area contributed by atoms with Crippen molar-refractivity contribution < 1.29 is 17.1 Å². The molecule has 12 nitrogen and oxygen atoms in total. The molecule has 4 aromatic rings. The number of hydrogen-bond donors (Lipinski definition) is 2. The summed E-state index contributed by atoms with van der Waals surface area (Å²) in [6, 6.07) is 25.4. The van der Waals surface area contributed by atoms with Crippen molar-refractivity contribution in [3.63, 3.8) is 0 Å². The first kappa shape index (κ1) is 31.5. The van der Waals surface area contributed by atoms with Crippen molar-refractivity contribution in [3.8, 4) is 12.4 Å². The third-order valence-corrected chi connectivity index (χ3v) is 3.37. The number of anilines is 4. The first-order valence-corrected chi connectivity index (χ1v) is 9.87. The monoisotopic (exact) mass is 530 g/mol. The van der Waals surface area contributed by atoms with Crippen LogP contribution in [-0.2, 0) is 17.1 Å². The molecule has 0 bridgehead atoms. The van der Waals surface area contributed by atoms with Gasteiger partial charge in [0.2, 0.25) is 0 Å². The van der Waals surface area contributed by atoms with E-state index >= 15 is 0 Å². The predicted octanol–water partition coefficient (Wildman–Crippen LogP) is 4.86. The quantitative estimate of drug-likeness (QED) is 0.212. The molecule has 0 fully saturated rings. The zero-order valence-electron chi connectivity index (χ0n) is 19.1. The van der Waals surface area contributed by atoms with E-state index in [1.165, 1.54) is 24.4 Å². The van der Waals surface area contributed by atoms with Crippen molar-refractivity contribution in [1.29, 1.82) is 10.5 Å². The van der Waals surface area contributed by atoms with Crippen molar-refractivity contribution >= 4 is 35.3 Å².